The Bertz CT molecular complexity index is 1360. The summed E-state index contributed by atoms with van der Waals surface area (Å²) in [6, 6.07) is 14.2. The number of nitrogens with one attached hydrogen (secondary N) is 2. The van der Waals surface area contributed by atoms with Gasteiger partial charge in [-0.1, -0.05) is 48.5 Å². The first kappa shape index (κ1) is 34.5. The Labute approximate surface area is 248 Å². The highest BCUT2D eigenvalue weighted by Gasteiger charge is 2.22. The maximum atomic E-state index is 11.7. The van der Waals surface area contributed by atoms with Gasteiger partial charge in [0.25, 0.3) is 0 Å². The Hall–Kier alpha value is -4.75. The van der Waals surface area contributed by atoms with E-state index in [1.807, 2.05) is 60.8 Å². The number of hydrogen-bond acceptors (Lipinski definition) is 8. The minimum atomic E-state index is -1.28. The maximum Gasteiger partial charge on any atom is 0.326 e. The highest BCUT2D eigenvalue weighted by atomic mass is 16.5. The van der Waals surface area contributed by atoms with E-state index in [4.69, 9.17) is 31.5 Å². The molecular weight excluding hydrogens is 560 g/mol. The SMILES string of the molecule is N[C@@H](CCC(=O)N[C@@H](CCC(=O)OCCCc1ccccc1)C(=O)O)C(=O)O.N[C@@H](Cc1c[nH]c2ccccc12)C(=O)O. The van der Waals surface area contributed by atoms with E-state index in [2.05, 4.69) is 10.3 Å². The zero-order chi connectivity index (χ0) is 31.8. The third kappa shape index (κ3) is 12.8. The van der Waals surface area contributed by atoms with Crippen LogP contribution in [0.2, 0.25) is 0 Å². The Kier molecular flexibility index (Phi) is 14.4. The van der Waals surface area contributed by atoms with Crippen LogP contribution in [0.4, 0.5) is 0 Å². The minimum Gasteiger partial charge on any atom is -0.480 e. The van der Waals surface area contributed by atoms with Gasteiger partial charge in [0.1, 0.15) is 18.1 Å². The largest absolute Gasteiger partial charge is 0.480 e. The fraction of sp³-hybridized carbons (Fsp3) is 0.367. The number of aromatic amines is 1. The van der Waals surface area contributed by atoms with Gasteiger partial charge >= 0.3 is 23.9 Å². The molecule has 0 bridgehead atoms. The van der Waals surface area contributed by atoms with E-state index >= 15 is 0 Å². The highest BCUT2D eigenvalue weighted by molar-refractivity contribution is 5.85. The van der Waals surface area contributed by atoms with Crippen LogP contribution in [0.15, 0.2) is 60.8 Å². The number of para-hydroxylation sites is 1. The number of carbonyl (C=O) groups excluding carboxylic acids is 2. The summed E-state index contributed by atoms with van der Waals surface area (Å²) in [5.41, 5.74) is 13.9. The molecule has 13 heteroatoms. The molecule has 9 N–H and O–H groups in total. The van der Waals surface area contributed by atoms with Crippen molar-refractivity contribution in [1.29, 1.82) is 0 Å². The molecule has 0 aliphatic rings. The second-order valence-corrected chi connectivity index (χ2v) is 9.80. The fourth-order valence-corrected chi connectivity index (χ4v) is 4.00. The van der Waals surface area contributed by atoms with Crippen molar-refractivity contribution in [1.82, 2.24) is 10.3 Å². The third-order valence-electron chi connectivity index (χ3n) is 6.42. The molecule has 1 aromatic heterocycles. The Morgan fingerprint density at radius 1 is 0.814 bits per heavy atom. The molecule has 0 aliphatic heterocycles. The first-order chi connectivity index (χ1) is 20.5. The van der Waals surface area contributed by atoms with Gasteiger partial charge in [-0.05, 0) is 42.9 Å². The van der Waals surface area contributed by atoms with Crippen LogP contribution >= 0.6 is 0 Å². The lowest BCUT2D eigenvalue weighted by molar-refractivity contribution is -0.146. The number of aryl methyl sites for hydroxylation is 1. The lowest BCUT2D eigenvalue weighted by atomic mass is 10.1. The van der Waals surface area contributed by atoms with Gasteiger partial charge in [0.15, 0.2) is 0 Å². The number of aliphatic carboxylic acids is 3. The van der Waals surface area contributed by atoms with E-state index in [-0.39, 0.29) is 32.3 Å². The molecule has 0 radical (unpaired) electrons. The number of carboxylic acid groups (broad SMARTS) is 3. The molecule has 0 aliphatic carbocycles. The second-order valence-electron chi connectivity index (χ2n) is 9.80. The van der Waals surface area contributed by atoms with E-state index in [1.165, 1.54) is 0 Å². The molecule has 2 aromatic carbocycles. The Morgan fingerprint density at radius 2 is 1.47 bits per heavy atom. The highest BCUT2D eigenvalue weighted by Crippen LogP contribution is 2.18. The summed E-state index contributed by atoms with van der Waals surface area (Å²) >= 11 is 0. The number of carbonyl (C=O) groups is 5. The fourth-order valence-electron chi connectivity index (χ4n) is 4.00. The first-order valence-corrected chi connectivity index (χ1v) is 13.7. The van der Waals surface area contributed by atoms with Gasteiger partial charge in [-0.25, -0.2) is 4.79 Å². The number of hydrogen-bond donors (Lipinski definition) is 7. The number of nitrogens with two attached hydrogens (primary N) is 2. The van der Waals surface area contributed by atoms with Crippen molar-refractivity contribution in [2.45, 2.75) is 63.1 Å². The molecule has 0 fully saturated rings. The van der Waals surface area contributed by atoms with Crippen molar-refractivity contribution in [2.24, 2.45) is 11.5 Å². The van der Waals surface area contributed by atoms with Gasteiger partial charge in [-0.3, -0.25) is 19.2 Å². The summed E-state index contributed by atoms with van der Waals surface area (Å²) in [7, 11) is 0. The smallest absolute Gasteiger partial charge is 0.326 e. The predicted octanol–water partition coefficient (Wildman–Crippen LogP) is 1.83. The summed E-state index contributed by atoms with van der Waals surface area (Å²) in [4.78, 5) is 59.0. The van der Waals surface area contributed by atoms with Crippen molar-refractivity contribution in [3.63, 3.8) is 0 Å². The van der Waals surface area contributed by atoms with Crippen LogP contribution in [0.25, 0.3) is 10.9 Å². The van der Waals surface area contributed by atoms with Crippen LogP contribution in [0, 0.1) is 0 Å². The average molecular weight is 599 g/mol. The number of aromatic nitrogens is 1. The quantitative estimate of drug-likeness (QED) is 0.0927. The van der Waals surface area contributed by atoms with Crippen LogP contribution in [0.5, 0.6) is 0 Å². The van der Waals surface area contributed by atoms with Crippen molar-refractivity contribution < 1.29 is 44.0 Å². The molecule has 0 saturated heterocycles. The van der Waals surface area contributed by atoms with Gasteiger partial charge in [0, 0.05) is 36.4 Å². The molecule has 232 valence electrons. The van der Waals surface area contributed by atoms with Crippen LogP contribution in [0.1, 0.15) is 43.2 Å². The number of amides is 1. The third-order valence-corrected chi connectivity index (χ3v) is 6.42. The molecule has 13 nitrogen and oxygen atoms in total. The predicted molar refractivity (Wildman–Crippen MR) is 157 cm³/mol. The molecular formula is C30H38N4O9. The lowest BCUT2D eigenvalue weighted by Gasteiger charge is -2.15. The number of H-pyrrole nitrogens is 1. The van der Waals surface area contributed by atoms with E-state index < -0.39 is 47.9 Å². The average Bonchev–Trinajstić information content (AvgIpc) is 3.39. The van der Waals surface area contributed by atoms with Crippen molar-refractivity contribution in [3.8, 4) is 0 Å². The molecule has 1 amide bonds. The summed E-state index contributed by atoms with van der Waals surface area (Å²) < 4.78 is 5.08. The standard InChI is InChI=1S/C19H26N2O7.C11H12N2O2/c20-14(18(24)25)8-10-16(22)21-15(19(26)27)9-11-17(23)28-12-4-7-13-5-2-1-3-6-13;12-9(11(14)15)5-7-6-13-10-4-2-1-3-8(7)10/h1-3,5-6,14-15H,4,7-12,20H2,(H,21,22)(H,24,25)(H,26,27);1-4,6,9,13H,5,12H2,(H,14,15)/t14-,15-;9-/m00/s1. The van der Waals surface area contributed by atoms with Crippen molar-refractivity contribution in [3.05, 3.63) is 71.9 Å². The van der Waals surface area contributed by atoms with Gasteiger partial charge in [0.05, 0.1) is 6.61 Å². The molecule has 0 saturated carbocycles. The molecule has 0 spiro atoms. The normalized spacial score (nSPS) is 12.7. The van der Waals surface area contributed by atoms with Gasteiger partial charge < -0.3 is 41.8 Å². The molecule has 3 rings (SSSR count). The summed E-state index contributed by atoms with van der Waals surface area (Å²) in [5.74, 6) is -4.67. The number of carboxylic acids is 3. The van der Waals surface area contributed by atoms with Gasteiger partial charge in [-0.2, -0.15) is 0 Å². The van der Waals surface area contributed by atoms with Crippen LogP contribution in [0.3, 0.4) is 0 Å². The van der Waals surface area contributed by atoms with Crippen molar-refractivity contribution in [2.75, 3.05) is 6.61 Å². The topological polar surface area (TPSA) is 235 Å². The van der Waals surface area contributed by atoms with Crippen molar-refractivity contribution >= 4 is 40.7 Å². The molecule has 1 heterocycles. The molecule has 0 unspecified atom stereocenters. The summed E-state index contributed by atoms with van der Waals surface area (Å²) in [6.07, 6.45) is 2.96. The Balaban J connectivity index is 0.000000358. The zero-order valence-corrected chi connectivity index (χ0v) is 23.6. The van der Waals surface area contributed by atoms with E-state index in [1.54, 1.807) is 0 Å². The minimum absolute atomic E-state index is 0.114. The van der Waals surface area contributed by atoms with E-state index in [9.17, 15) is 24.0 Å². The second kappa shape index (κ2) is 17.9. The molecule has 3 atom stereocenters. The lowest BCUT2D eigenvalue weighted by Crippen LogP contribution is -2.42. The number of esters is 1. The van der Waals surface area contributed by atoms with Crippen LogP contribution in [-0.2, 0) is 41.6 Å². The first-order valence-electron chi connectivity index (χ1n) is 13.7. The number of benzene rings is 2. The van der Waals surface area contributed by atoms with Gasteiger partial charge in [-0.15, -0.1) is 0 Å². The van der Waals surface area contributed by atoms with Crippen LogP contribution < -0.4 is 16.8 Å². The van der Waals surface area contributed by atoms with E-state index in [0.29, 0.717) is 12.8 Å². The number of fused-ring (bicyclic) bond motifs is 1. The van der Waals surface area contributed by atoms with Crippen LogP contribution in [-0.4, -0.2) is 74.8 Å². The monoisotopic (exact) mass is 598 g/mol. The number of rotatable bonds is 16. The molecule has 3 aromatic rings. The maximum absolute atomic E-state index is 11.7. The Morgan fingerprint density at radius 3 is 2.12 bits per heavy atom. The number of ether oxygens (including phenoxy) is 1. The molecule has 43 heavy (non-hydrogen) atoms. The summed E-state index contributed by atoms with van der Waals surface area (Å²) in [5, 5.41) is 29.8. The zero-order valence-electron chi connectivity index (χ0n) is 23.6. The summed E-state index contributed by atoms with van der Waals surface area (Å²) in [6.45, 7) is 0.227. The van der Waals surface area contributed by atoms with Gasteiger partial charge in [0.2, 0.25) is 5.91 Å². The van der Waals surface area contributed by atoms with E-state index in [0.717, 1.165) is 28.5 Å².